The molecule has 0 aliphatic carbocycles. The van der Waals surface area contributed by atoms with Crippen molar-refractivity contribution in [1.29, 1.82) is 0 Å². The molecule has 0 radical (unpaired) electrons. The Labute approximate surface area is 174 Å². The summed E-state index contributed by atoms with van der Waals surface area (Å²) >= 11 is 1.66. The lowest BCUT2D eigenvalue weighted by Gasteiger charge is -2.31. The van der Waals surface area contributed by atoms with Gasteiger partial charge in [-0.05, 0) is 48.6 Å². The number of para-hydroxylation sites is 1. The fourth-order valence-corrected chi connectivity index (χ4v) is 4.24. The summed E-state index contributed by atoms with van der Waals surface area (Å²) in [4.78, 5) is 15.8. The minimum atomic E-state index is 0.0621. The zero-order valence-electron chi connectivity index (χ0n) is 16.4. The van der Waals surface area contributed by atoms with E-state index in [1.165, 1.54) is 4.88 Å². The van der Waals surface area contributed by atoms with E-state index in [-0.39, 0.29) is 11.8 Å². The first-order valence-corrected chi connectivity index (χ1v) is 10.6. The number of nitrogens with one attached hydrogen (secondary N) is 1. The van der Waals surface area contributed by atoms with Gasteiger partial charge in [-0.1, -0.05) is 18.2 Å². The Balaban J connectivity index is 1.33. The van der Waals surface area contributed by atoms with Crippen LogP contribution in [-0.4, -0.2) is 36.3 Å². The van der Waals surface area contributed by atoms with Crippen molar-refractivity contribution in [3.05, 3.63) is 58.8 Å². The summed E-state index contributed by atoms with van der Waals surface area (Å²) in [6.45, 7) is 2.23. The standard InChI is InChI=1S/C22H24N4O2S/c1-28-20-7-3-2-6-18(20)19-8-9-21(25-24-19)26-12-10-16(11-13-26)22(27)23-15-17-5-4-14-29-17/h2-9,14,16H,10-13,15H2,1H3,(H,23,27). The molecule has 4 rings (SSSR count). The normalized spacial score (nSPS) is 14.6. The molecular formula is C22H24N4O2S. The van der Waals surface area contributed by atoms with E-state index in [0.717, 1.165) is 48.8 Å². The van der Waals surface area contributed by atoms with Crippen molar-refractivity contribution in [2.75, 3.05) is 25.1 Å². The maximum absolute atomic E-state index is 12.4. The molecule has 1 aliphatic rings. The fourth-order valence-electron chi connectivity index (χ4n) is 3.60. The lowest BCUT2D eigenvalue weighted by atomic mass is 9.96. The predicted octanol–water partition coefficient (Wildman–Crippen LogP) is 3.75. The highest BCUT2D eigenvalue weighted by Crippen LogP contribution is 2.29. The zero-order chi connectivity index (χ0) is 20.1. The first-order valence-electron chi connectivity index (χ1n) is 9.77. The van der Waals surface area contributed by atoms with E-state index in [9.17, 15) is 4.79 Å². The maximum atomic E-state index is 12.4. The van der Waals surface area contributed by atoms with Crippen LogP contribution in [0.15, 0.2) is 53.9 Å². The van der Waals surface area contributed by atoms with Gasteiger partial charge in [0.1, 0.15) is 5.75 Å². The molecule has 0 atom stereocenters. The molecule has 1 aliphatic heterocycles. The van der Waals surface area contributed by atoms with Crippen LogP contribution in [0.25, 0.3) is 11.3 Å². The molecule has 0 unspecified atom stereocenters. The molecule has 0 saturated carbocycles. The number of hydrogen-bond donors (Lipinski definition) is 1. The number of piperidine rings is 1. The van der Waals surface area contributed by atoms with E-state index < -0.39 is 0 Å². The largest absolute Gasteiger partial charge is 0.496 e. The number of aromatic nitrogens is 2. The third kappa shape index (κ3) is 4.56. The van der Waals surface area contributed by atoms with E-state index in [4.69, 9.17) is 4.74 Å². The van der Waals surface area contributed by atoms with Gasteiger partial charge in [-0.25, -0.2) is 0 Å². The van der Waals surface area contributed by atoms with Crippen LogP contribution >= 0.6 is 11.3 Å². The quantitative estimate of drug-likeness (QED) is 0.673. The lowest BCUT2D eigenvalue weighted by molar-refractivity contribution is -0.125. The van der Waals surface area contributed by atoms with E-state index in [1.54, 1.807) is 18.4 Å². The highest BCUT2D eigenvalue weighted by atomic mass is 32.1. The number of ether oxygens (including phenoxy) is 1. The summed E-state index contributed by atoms with van der Waals surface area (Å²) in [5.41, 5.74) is 1.71. The zero-order valence-corrected chi connectivity index (χ0v) is 17.2. The van der Waals surface area contributed by atoms with Crippen LogP contribution in [0.4, 0.5) is 5.82 Å². The molecule has 1 fully saturated rings. The number of carbonyl (C=O) groups is 1. The van der Waals surface area contributed by atoms with E-state index in [1.807, 2.05) is 53.9 Å². The Bertz CT molecular complexity index is 936. The van der Waals surface area contributed by atoms with Crippen LogP contribution in [-0.2, 0) is 11.3 Å². The van der Waals surface area contributed by atoms with E-state index in [0.29, 0.717) is 6.54 Å². The number of carbonyl (C=O) groups excluding carboxylic acids is 1. The second-order valence-electron chi connectivity index (χ2n) is 7.04. The monoisotopic (exact) mass is 408 g/mol. The van der Waals surface area contributed by atoms with E-state index in [2.05, 4.69) is 20.4 Å². The minimum absolute atomic E-state index is 0.0621. The SMILES string of the molecule is COc1ccccc1-c1ccc(N2CCC(C(=O)NCc3cccs3)CC2)nn1. The third-order valence-electron chi connectivity index (χ3n) is 5.24. The Morgan fingerprint density at radius 3 is 2.66 bits per heavy atom. The average Bonchev–Trinajstić information content (AvgIpc) is 3.31. The van der Waals surface area contributed by atoms with Gasteiger partial charge >= 0.3 is 0 Å². The molecule has 1 aromatic carbocycles. The van der Waals surface area contributed by atoms with Crippen molar-refractivity contribution in [1.82, 2.24) is 15.5 Å². The van der Waals surface area contributed by atoms with Gasteiger partial charge in [0.25, 0.3) is 0 Å². The smallest absolute Gasteiger partial charge is 0.223 e. The number of nitrogens with zero attached hydrogens (tertiary/aromatic N) is 3. The highest BCUT2D eigenvalue weighted by molar-refractivity contribution is 7.09. The van der Waals surface area contributed by atoms with Crippen LogP contribution in [0.1, 0.15) is 17.7 Å². The Morgan fingerprint density at radius 2 is 1.97 bits per heavy atom. The molecule has 6 nitrogen and oxygen atoms in total. The summed E-state index contributed by atoms with van der Waals surface area (Å²) in [5, 5.41) is 13.9. The summed E-state index contributed by atoms with van der Waals surface area (Å²) in [5.74, 6) is 1.84. The molecule has 3 heterocycles. The number of methoxy groups -OCH3 is 1. The molecule has 150 valence electrons. The lowest BCUT2D eigenvalue weighted by Crippen LogP contribution is -2.40. The summed E-state index contributed by atoms with van der Waals surface area (Å²) in [6.07, 6.45) is 1.65. The summed E-state index contributed by atoms with van der Waals surface area (Å²) < 4.78 is 5.41. The minimum Gasteiger partial charge on any atom is -0.496 e. The van der Waals surface area contributed by atoms with Crippen LogP contribution in [0.3, 0.4) is 0 Å². The summed E-state index contributed by atoms with van der Waals surface area (Å²) in [7, 11) is 1.65. The van der Waals surface area contributed by atoms with Crippen molar-refractivity contribution in [2.45, 2.75) is 19.4 Å². The van der Waals surface area contributed by atoms with Gasteiger partial charge in [-0.15, -0.1) is 21.5 Å². The first-order chi connectivity index (χ1) is 14.2. The van der Waals surface area contributed by atoms with Gasteiger partial charge in [0.2, 0.25) is 5.91 Å². The fraction of sp³-hybridized carbons (Fsp3) is 0.318. The van der Waals surface area contributed by atoms with Crippen molar-refractivity contribution in [3.8, 4) is 17.0 Å². The van der Waals surface area contributed by atoms with Crippen LogP contribution in [0.5, 0.6) is 5.75 Å². The van der Waals surface area contributed by atoms with Gasteiger partial charge in [0, 0.05) is 29.4 Å². The molecule has 0 bridgehead atoms. The molecule has 3 aromatic rings. The third-order valence-corrected chi connectivity index (χ3v) is 6.12. The second kappa shape index (κ2) is 9.05. The van der Waals surface area contributed by atoms with E-state index >= 15 is 0 Å². The number of benzene rings is 1. The molecular weight excluding hydrogens is 384 g/mol. The Kier molecular flexibility index (Phi) is 6.05. The van der Waals surface area contributed by atoms with Gasteiger partial charge < -0.3 is 15.0 Å². The number of anilines is 1. The first kappa shape index (κ1) is 19.4. The predicted molar refractivity (Wildman–Crippen MR) is 115 cm³/mol. The van der Waals surface area contributed by atoms with Gasteiger partial charge in [-0.3, -0.25) is 4.79 Å². The van der Waals surface area contributed by atoms with Gasteiger partial charge in [-0.2, -0.15) is 0 Å². The topological polar surface area (TPSA) is 67.3 Å². The van der Waals surface area contributed by atoms with Gasteiger partial charge in [0.05, 0.1) is 19.3 Å². The Morgan fingerprint density at radius 1 is 1.14 bits per heavy atom. The molecule has 1 N–H and O–H groups in total. The van der Waals surface area contributed by atoms with Crippen molar-refractivity contribution >= 4 is 23.1 Å². The molecule has 1 amide bonds. The van der Waals surface area contributed by atoms with Gasteiger partial charge in [0.15, 0.2) is 5.82 Å². The summed E-state index contributed by atoms with van der Waals surface area (Å²) in [6, 6.07) is 15.8. The molecule has 1 saturated heterocycles. The van der Waals surface area contributed by atoms with Crippen molar-refractivity contribution < 1.29 is 9.53 Å². The van der Waals surface area contributed by atoms with Crippen molar-refractivity contribution in [3.63, 3.8) is 0 Å². The number of thiophene rings is 1. The molecule has 29 heavy (non-hydrogen) atoms. The molecule has 7 heteroatoms. The van der Waals surface area contributed by atoms with Crippen LogP contribution in [0, 0.1) is 5.92 Å². The number of rotatable bonds is 6. The highest BCUT2D eigenvalue weighted by Gasteiger charge is 2.25. The van der Waals surface area contributed by atoms with Crippen LogP contribution < -0.4 is 15.0 Å². The van der Waals surface area contributed by atoms with Crippen LogP contribution in [0.2, 0.25) is 0 Å². The number of amides is 1. The second-order valence-corrected chi connectivity index (χ2v) is 8.07. The number of hydrogen-bond acceptors (Lipinski definition) is 6. The average molecular weight is 409 g/mol. The Hall–Kier alpha value is -2.93. The van der Waals surface area contributed by atoms with Crippen molar-refractivity contribution in [2.24, 2.45) is 5.92 Å². The maximum Gasteiger partial charge on any atom is 0.223 e. The molecule has 0 spiro atoms. The molecule has 2 aromatic heterocycles.